The monoisotopic (exact) mass is 702 g/mol. The lowest BCUT2D eigenvalue weighted by Gasteiger charge is -2.20. The van der Waals surface area contributed by atoms with Crippen molar-refractivity contribution in [2.24, 2.45) is 0 Å². The van der Waals surface area contributed by atoms with Crippen molar-refractivity contribution in [1.29, 1.82) is 0 Å². The van der Waals surface area contributed by atoms with Crippen LogP contribution in [0.5, 0.6) is 0 Å². The number of benzene rings is 8. The number of hydrogen-bond donors (Lipinski definition) is 0. The zero-order chi connectivity index (χ0) is 37.7. The Kier molecular flexibility index (Phi) is 9.89. The maximum atomic E-state index is 4.47. The minimum absolute atomic E-state index is 0.870. The highest BCUT2D eigenvalue weighted by molar-refractivity contribution is 6.22. The van der Waals surface area contributed by atoms with Gasteiger partial charge in [-0.15, -0.1) is 0 Å². The molecule has 0 unspecified atom stereocenters. The fourth-order valence-electron chi connectivity index (χ4n) is 7.81. The molecule has 262 valence electrons. The van der Waals surface area contributed by atoms with Gasteiger partial charge in [-0.1, -0.05) is 202 Å². The fraction of sp³-hybridized carbons (Fsp3) is 0.0182. The molecule has 8 aromatic rings. The Morgan fingerprint density at radius 3 is 1.71 bits per heavy atom. The van der Waals surface area contributed by atoms with Crippen LogP contribution in [-0.4, -0.2) is 0 Å². The first-order valence-corrected chi connectivity index (χ1v) is 18.8. The summed E-state index contributed by atoms with van der Waals surface area (Å²) in [6, 6.07) is 61.5. The van der Waals surface area contributed by atoms with Crippen molar-refractivity contribution >= 4 is 43.5 Å². The van der Waals surface area contributed by atoms with Crippen LogP contribution in [0.15, 0.2) is 231 Å². The van der Waals surface area contributed by atoms with Gasteiger partial charge in [-0.2, -0.15) is 0 Å². The second-order valence-electron chi connectivity index (χ2n) is 13.9. The Bertz CT molecular complexity index is 2820. The van der Waals surface area contributed by atoms with Crippen molar-refractivity contribution in [1.82, 2.24) is 0 Å². The van der Waals surface area contributed by atoms with E-state index in [9.17, 15) is 0 Å². The lowest BCUT2D eigenvalue weighted by atomic mass is 9.83. The summed E-state index contributed by atoms with van der Waals surface area (Å²) in [5.41, 5.74) is 13.6. The molecule has 0 bridgehead atoms. The first kappa shape index (κ1) is 35.0. The fourth-order valence-corrected chi connectivity index (χ4v) is 7.81. The normalized spacial score (nSPS) is 12.3. The maximum absolute atomic E-state index is 4.47. The molecule has 0 N–H and O–H groups in total. The molecule has 0 amide bonds. The van der Waals surface area contributed by atoms with Crippen LogP contribution < -0.4 is 0 Å². The Morgan fingerprint density at radius 2 is 1.05 bits per heavy atom. The molecule has 0 saturated heterocycles. The van der Waals surface area contributed by atoms with Crippen LogP contribution in [0.4, 0.5) is 0 Å². The Morgan fingerprint density at radius 1 is 0.473 bits per heavy atom. The molecule has 0 aliphatic carbocycles. The third kappa shape index (κ3) is 6.95. The van der Waals surface area contributed by atoms with Crippen molar-refractivity contribution in [2.45, 2.75) is 6.92 Å². The lowest BCUT2D eigenvalue weighted by Crippen LogP contribution is -1.94. The molecule has 0 spiro atoms. The van der Waals surface area contributed by atoms with E-state index >= 15 is 0 Å². The summed E-state index contributed by atoms with van der Waals surface area (Å²) in [4.78, 5) is 0. The van der Waals surface area contributed by atoms with E-state index in [4.69, 9.17) is 0 Å². The molecule has 0 heteroatoms. The zero-order valence-electron chi connectivity index (χ0n) is 31.2. The van der Waals surface area contributed by atoms with Gasteiger partial charge in [-0.3, -0.25) is 0 Å². The molecule has 0 aliphatic heterocycles. The second-order valence-corrected chi connectivity index (χ2v) is 13.9. The van der Waals surface area contributed by atoms with Crippen molar-refractivity contribution in [3.05, 3.63) is 242 Å². The van der Waals surface area contributed by atoms with Crippen molar-refractivity contribution in [3.8, 4) is 33.4 Å². The smallest absolute Gasteiger partial charge is 0.00261 e. The highest BCUT2D eigenvalue weighted by Gasteiger charge is 2.19. The Balaban J connectivity index is 1.45. The summed E-state index contributed by atoms with van der Waals surface area (Å²) >= 11 is 0. The maximum Gasteiger partial charge on any atom is -0.00261 e. The molecule has 0 heterocycles. The van der Waals surface area contributed by atoms with Gasteiger partial charge < -0.3 is 0 Å². The highest BCUT2D eigenvalue weighted by Crippen LogP contribution is 2.46. The summed E-state index contributed by atoms with van der Waals surface area (Å²) in [6.45, 7) is 14.6. The summed E-state index contributed by atoms with van der Waals surface area (Å²) in [6.07, 6.45) is 10.0. The van der Waals surface area contributed by atoms with Crippen LogP contribution >= 0.6 is 0 Å². The van der Waals surface area contributed by atoms with Gasteiger partial charge in [0, 0.05) is 0 Å². The van der Waals surface area contributed by atoms with E-state index in [2.05, 4.69) is 209 Å². The Labute approximate surface area is 324 Å². The van der Waals surface area contributed by atoms with Crippen LogP contribution in [0.3, 0.4) is 0 Å². The molecule has 0 nitrogen and oxygen atoms in total. The number of fused-ring (bicyclic) bond motifs is 3. The van der Waals surface area contributed by atoms with Crippen molar-refractivity contribution < 1.29 is 0 Å². The molecule has 55 heavy (non-hydrogen) atoms. The van der Waals surface area contributed by atoms with Crippen LogP contribution in [0.2, 0.25) is 0 Å². The van der Waals surface area contributed by atoms with E-state index in [0.717, 1.165) is 22.3 Å². The second kappa shape index (κ2) is 15.5. The summed E-state index contributed by atoms with van der Waals surface area (Å²) in [7, 11) is 0. The quantitative estimate of drug-likeness (QED) is 0.0983. The van der Waals surface area contributed by atoms with Crippen LogP contribution in [-0.2, 0) is 0 Å². The van der Waals surface area contributed by atoms with Gasteiger partial charge in [0.1, 0.15) is 0 Å². The molecule has 8 aromatic carbocycles. The molecule has 8 rings (SSSR count). The molecule has 0 fully saturated rings. The van der Waals surface area contributed by atoms with Crippen LogP contribution in [0, 0.1) is 0 Å². The van der Waals surface area contributed by atoms with E-state index in [-0.39, 0.29) is 0 Å². The van der Waals surface area contributed by atoms with Gasteiger partial charge in [-0.05, 0) is 124 Å². The first-order chi connectivity index (χ1) is 27.0. The van der Waals surface area contributed by atoms with Gasteiger partial charge in [0.15, 0.2) is 0 Å². The van der Waals surface area contributed by atoms with Crippen LogP contribution in [0.25, 0.3) is 76.8 Å². The summed E-state index contributed by atoms with van der Waals surface area (Å²) in [5, 5.41) is 7.33. The summed E-state index contributed by atoms with van der Waals surface area (Å²) < 4.78 is 0. The number of hydrogen-bond acceptors (Lipinski definition) is 0. The Hall–Kier alpha value is -7.02. The van der Waals surface area contributed by atoms with E-state index in [1.54, 1.807) is 6.08 Å². The standard InChI is InChI=1S/C55H42/c1-5-19-40(6-2)38(3)34-47(35-39(4)41-20-10-7-11-21-41)45-30-32-50-52(36-45)54(43-23-12-8-13-24-43)51-33-31-46(37-53(51)55(50)44-25-14-9-15-26-44)49-29-18-27-42-22-16-17-28-48(42)49/h5-37H,1-3H2,4H3/b39-35+,40-19+,47-34+. The van der Waals surface area contributed by atoms with Gasteiger partial charge >= 0.3 is 0 Å². The molecular formula is C55H42. The molecule has 0 radical (unpaired) electrons. The van der Waals surface area contributed by atoms with E-state index in [1.165, 1.54) is 76.8 Å². The van der Waals surface area contributed by atoms with E-state index in [1.807, 2.05) is 12.2 Å². The minimum atomic E-state index is 0.870. The van der Waals surface area contributed by atoms with Crippen LogP contribution in [0.1, 0.15) is 18.1 Å². The SMILES string of the molecule is C=C/C=C(\C=C)C(=C)/C=C(\C=C(/C)c1ccccc1)c1ccc2c(-c3ccccc3)c3cc(-c4cccc5ccccc45)ccc3c(-c3ccccc3)c2c1. The zero-order valence-corrected chi connectivity index (χ0v) is 31.2. The predicted octanol–water partition coefficient (Wildman–Crippen LogP) is 15.5. The van der Waals surface area contributed by atoms with Gasteiger partial charge in [0.25, 0.3) is 0 Å². The van der Waals surface area contributed by atoms with Gasteiger partial charge in [0.05, 0.1) is 0 Å². The van der Waals surface area contributed by atoms with Gasteiger partial charge in [-0.25, -0.2) is 0 Å². The highest BCUT2D eigenvalue weighted by atomic mass is 14.2. The lowest BCUT2D eigenvalue weighted by molar-refractivity contribution is 1.54. The molecule has 0 aromatic heterocycles. The average Bonchev–Trinajstić information content (AvgIpc) is 3.24. The number of allylic oxidation sites excluding steroid dienone is 9. The largest absolute Gasteiger partial charge is 0.0990 e. The third-order valence-electron chi connectivity index (χ3n) is 10.5. The van der Waals surface area contributed by atoms with E-state index in [0.29, 0.717) is 0 Å². The molecule has 0 saturated carbocycles. The van der Waals surface area contributed by atoms with E-state index < -0.39 is 0 Å². The van der Waals surface area contributed by atoms with Gasteiger partial charge in [0.2, 0.25) is 0 Å². The molecule has 0 atom stereocenters. The van der Waals surface area contributed by atoms with Crippen molar-refractivity contribution in [3.63, 3.8) is 0 Å². The minimum Gasteiger partial charge on any atom is -0.0990 e. The number of rotatable bonds is 10. The third-order valence-corrected chi connectivity index (χ3v) is 10.5. The topological polar surface area (TPSA) is 0 Å². The summed E-state index contributed by atoms with van der Waals surface area (Å²) in [5.74, 6) is 0. The average molecular weight is 703 g/mol. The van der Waals surface area contributed by atoms with Crippen molar-refractivity contribution in [2.75, 3.05) is 0 Å². The molecule has 0 aliphatic rings. The first-order valence-electron chi connectivity index (χ1n) is 18.8. The predicted molar refractivity (Wildman–Crippen MR) is 241 cm³/mol. The molecular weight excluding hydrogens is 661 g/mol.